The summed E-state index contributed by atoms with van der Waals surface area (Å²) in [5.41, 5.74) is 3.27. The van der Waals surface area contributed by atoms with Crippen LogP contribution in [0.5, 0.6) is 11.5 Å². The van der Waals surface area contributed by atoms with Crippen molar-refractivity contribution in [2.75, 3.05) is 20.8 Å². The van der Waals surface area contributed by atoms with Gasteiger partial charge in [0.1, 0.15) is 17.2 Å². The summed E-state index contributed by atoms with van der Waals surface area (Å²) in [6.07, 6.45) is 0.677. The monoisotopic (exact) mass is 407 g/mol. The number of hydrogen-bond donors (Lipinski definition) is 2. The van der Waals surface area contributed by atoms with Crippen LogP contribution in [-0.4, -0.2) is 36.6 Å². The van der Waals surface area contributed by atoms with E-state index < -0.39 is 0 Å². The molecule has 0 radical (unpaired) electrons. The topological polar surface area (TPSA) is 76.2 Å². The second kappa shape index (κ2) is 8.36. The largest absolute Gasteiger partial charge is 0.496 e. The van der Waals surface area contributed by atoms with Crippen molar-refractivity contribution in [1.82, 2.24) is 15.3 Å². The number of nitrogens with one attached hydrogen (secondary N) is 2. The Labute approximate surface area is 172 Å². The van der Waals surface area contributed by atoms with Gasteiger partial charge in [0.2, 0.25) is 0 Å². The van der Waals surface area contributed by atoms with Crippen molar-refractivity contribution in [1.29, 1.82) is 0 Å². The first-order valence-corrected chi connectivity index (χ1v) is 10.1. The number of fused-ring (bicyclic) bond motifs is 1. The molecule has 4 rings (SSSR count). The van der Waals surface area contributed by atoms with Crippen LogP contribution in [0, 0.1) is 0 Å². The molecule has 2 N–H and O–H groups in total. The molecule has 0 aliphatic heterocycles. The molecule has 0 spiro atoms. The number of amides is 1. The number of ether oxygens (including phenoxy) is 2. The minimum absolute atomic E-state index is 0.176. The molecule has 4 aromatic rings. The molecule has 7 heteroatoms. The number of thiazole rings is 1. The van der Waals surface area contributed by atoms with E-state index in [4.69, 9.17) is 9.47 Å². The van der Waals surface area contributed by atoms with Gasteiger partial charge in [-0.05, 0) is 18.2 Å². The summed E-state index contributed by atoms with van der Waals surface area (Å²) in [5.74, 6) is 1.17. The highest BCUT2D eigenvalue weighted by atomic mass is 32.1. The van der Waals surface area contributed by atoms with E-state index in [-0.39, 0.29) is 5.91 Å². The lowest BCUT2D eigenvalue weighted by Crippen LogP contribution is -2.25. The van der Waals surface area contributed by atoms with Gasteiger partial charge in [0.25, 0.3) is 5.91 Å². The van der Waals surface area contributed by atoms with Crippen LogP contribution in [0.4, 0.5) is 0 Å². The van der Waals surface area contributed by atoms with Gasteiger partial charge in [-0.25, -0.2) is 4.98 Å². The molecule has 1 amide bonds. The van der Waals surface area contributed by atoms with Crippen LogP contribution < -0.4 is 14.8 Å². The van der Waals surface area contributed by atoms with Crippen LogP contribution >= 0.6 is 11.3 Å². The fraction of sp³-hybridized carbons (Fsp3) is 0.182. The van der Waals surface area contributed by atoms with Crippen molar-refractivity contribution in [2.45, 2.75) is 6.42 Å². The number of hydrogen-bond acceptors (Lipinski definition) is 5. The second-order valence-corrected chi connectivity index (χ2v) is 7.38. The maximum Gasteiger partial charge on any atom is 0.267 e. The summed E-state index contributed by atoms with van der Waals surface area (Å²) in [4.78, 5) is 20.4. The molecule has 6 nitrogen and oxygen atoms in total. The summed E-state index contributed by atoms with van der Waals surface area (Å²) < 4.78 is 10.8. The fourth-order valence-corrected chi connectivity index (χ4v) is 3.99. The fourth-order valence-electron chi connectivity index (χ4n) is 3.18. The molecule has 148 valence electrons. The zero-order valence-corrected chi connectivity index (χ0v) is 17.0. The van der Waals surface area contributed by atoms with Crippen LogP contribution in [0.2, 0.25) is 0 Å². The van der Waals surface area contributed by atoms with E-state index in [0.717, 1.165) is 27.2 Å². The molecular formula is C22H21N3O3S. The van der Waals surface area contributed by atoms with Crippen molar-refractivity contribution in [3.63, 3.8) is 0 Å². The van der Waals surface area contributed by atoms with Crippen molar-refractivity contribution in [2.24, 2.45) is 0 Å². The highest BCUT2D eigenvalue weighted by molar-refractivity contribution is 7.09. The third-order valence-corrected chi connectivity index (χ3v) is 5.55. The lowest BCUT2D eigenvalue weighted by atomic mass is 10.2. The van der Waals surface area contributed by atoms with Crippen molar-refractivity contribution in [3.05, 3.63) is 64.6 Å². The number of rotatable bonds is 7. The number of benzene rings is 2. The smallest absolute Gasteiger partial charge is 0.267 e. The number of aromatic amines is 1. The standard InChI is InChI=1S/C22H21N3O3S/c1-27-18-8-9-19(28-2)21-15(18)12-16(25-21)22(26)23-11-10-20-24-17(13-29-20)14-6-4-3-5-7-14/h3-9,12-13,25H,10-11H2,1-2H3,(H,23,26). The van der Waals surface area contributed by atoms with E-state index in [1.807, 2.05) is 47.8 Å². The Morgan fingerprint density at radius 2 is 1.86 bits per heavy atom. The number of methoxy groups -OCH3 is 2. The van der Waals surface area contributed by atoms with Crippen molar-refractivity contribution in [3.8, 4) is 22.8 Å². The Bertz CT molecular complexity index is 1090. The lowest BCUT2D eigenvalue weighted by molar-refractivity contribution is 0.0950. The van der Waals surface area contributed by atoms with E-state index in [0.29, 0.717) is 30.2 Å². The summed E-state index contributed by atoms with van der Waals surface area (Å²) >= 11 is 1.60. The zero-order chi connectivity index (χ0) is 20.2. The number of aromatic nitrogens is 2. The first-order valence-electron chi connectivity index (χ1n) is 9.21. The van der Waals surface area contributed by atoms with Gasteiger partial charge in [0, 0.05) is 29.3 Å². The molecule has 0 aliphatic rings. The highest BCUT2D eigenvalue weighted by Crippen LogP contribution is 2.33. The predicted molar refractivity (Wildman–Crippen MR) is 115 cm³/mol. The molecule has 0 saturated heterocycles. The molecule has 2 aromatic carbocycles. The van der Waals surface area contributed by atoms with E-state index in [1.54, 1.807) is 31.6 Å². The minimum atomic E-state index is -0.176. The first kappa shape index (κ1) is 19.0. The third kappa shape index (κ3) is 3.95. The maximum atomic E-state index is 12.6. The Morgan fingerprint density at radius 1 is 1.10 bits per heavy atom. The third-order valence-electron chi connectivity index (χ3n) is 4.65. The molecule has 29 heavy (non-hydrogen) atoms. The molecule has 0 unspecified atom stereocenters. The molecule has 0 aliphatic carbocycles. The second-order valence-electron chi connectivity index (χ2n) is 6.44. The number of carbonyl (C=O) groups is 1. The van der Waals surface area contributed by atoms with Gasteiger partial charge in [-0.1, -0.05) is 30.3 Å². The Hall–Kier alpha value is -3.32. The molecule has 0 saturated carbocycles. The normalized spacial score (nSPS) is 10.8. The van der Waals surface area contributed by atoms with E-state index in [2.05, 4.69) is 15.3 Å². The Kier molecular flexibility index (Phi) is 5.48. The average molecular weight is 407 g/mol. The summed E-state index contributed by atoms with van der Waals surface area (Å²) in [6.45, 7) is 0.504. The van der Waals surface area contributed by atoms with Crippen LogP contribution in [0.1, 0.15) is 15.5 Å². The quantitative estimate of drug-likeness (QED) is 0.479. The van der Waals surface area contributed by atoms with Crippen LogP contribution in [-0.2, 0) is 6.42 Å². The number of nitrogens with zero attached hydrogens (tertiary/aromatic N) is 1. The highest BCUT2D eigenvalue weighted by Gasteiger charge is 2.15. The number of H-pyrrole nitrogens is 1. The lowest BCUT2D eigenvalue weighted by Gasteiger charge is -2.05. The van der Waals surface area contributed by atoms with E-state index in [1.165, 1.54) is 0 Å². The zero-order valence-electron chi connectivity index (χ0n) is 16.2. The molecule has 0 atom stereocenters. The van der Waals surface area contributed by atoms with Crippen LogP contribution in [0.15, 0.2) is 53.9 Å². The molecule has 2 heterocycles. The average Bonchev–Trinajstić information content (AvgIpc) is 3.41. The molecule has 0 bridgehead atoms. The Morgan fingerprint density at radius 3 is 2.62 bits per heavy atom. The summed E-state index contributed by atoms with van der Waals surface area (Å²) in [6, 6.07) is 15.5. The van der Waals surface area contributed by atoms with E-state index >= 15 is 0 Å². The maximum absolute atomic E-state index is 12.6. The van der Waals surface area contributed by atoms with Gasteiger partial charge in [-0.15, -0.1) is 11.3 Å². The predicted octanol–water partition coefficient (Wildman–Crippen LogP) is 4.28. The summed E-state index contributed by atoms with van der Waals surface area (Å²) in [5, 5.41) is 6.79. The number of carbonyl (C=O) groups excluding carboxylic acids is 1. The van der Waals surface area contributed by atoms with Crippen molar-refractivity contribution >= 4 is 28.1 Å². The van der Waals surface area contributed by atoms with Crippen LogP contribution in [0.3, 0.4) is 0 Å². The van der Waals surface area contributed by atoms with E-state index in [9.17, 15) is 4.79 Å². The molecular weight excluding hydrogens is 386 g/mol. The van der Waals surface area contributed by atoms with Gasteiger partial charge < -0.3 is 19.8 Å². The molecule has 0 fully saturated rings. The minimum Gasteiger partial charge on any atom is -0.496 e. The van der Waals surface area contributed by atoms with Gasteiger partial charge in [-0.3, -0.25) is 4.79 Å². The first-order chi connectivity index (χ1) is 14.2. The SMILES string of the molecule is COc1ccc(OC)c2[nH]c(C(=O)NCCc3nc(-c4ccccc4)cs3)cc12. The van der Waals surface area contributed by atoms with Crippen LogP contribution in [0.25, 0.3) is 22.2 Å². The van der Waals surface area contributed by atoms with Gasteiger partial charge in [0.05, 0.1) is 30.4 Å². The van der Waals surface area contributed by atoms with Gasteiger partial charge in [-0.2, -0.15) is 0 Å². The Balaban J connectivity index is 1.42. The van der Waals surface area contributed by atoms with Gasteiger partial charge >= 0.3 is 0 Å². The molecule has 2 aromatic heterocycles. The van der Waals surface area contributed by atoms with Gasteiger partial charge in [0.15, 0.2) is 0 Å². The van der Waals surface area contributed by atoms with Crippen molar-refractivity contribution < 1.29 is 14.3 Å². The summed E-state index contributed by atoms with van der Waals surface area (Å²) in [7, 11) is 3.20.